The van der Waals surface area contributed by atoms with Crippen molar-refractivity contribution >= 4 is 16.9 Å². The van der Waals surface area contributed by atoms with Gasteiger partial charge in [-0.25, -0.2) is 4.79 Å². The second-order valence-corrected chi connectivity index (χ2v) is 4.64. The van der Waals surface area contributed by atoms with E-state index < -0.39 is 5.97 Å². The van der Waals surface area contributed by atoms with Gasteiger partial charge in [-0.1, -0.05) is 24.3 Å². The van der Waals surface area contributed by atoms with Gasteiger partial charge in [-0.15, -0.1) is 0 Å². The third kappa shape index (κ3) is 2.35. The number of aromatic nitrogens is 2. The number of nitriles is 1. The molecular weight excluding hydrogens is 266 g/mol. The van der Waals surface area contributed by atoms with E-state index in [-0.39, 0.29) is 5.56 Å². The maximum absolute atomic E-state index is 10.8. The first kappa shape index (κ1) is 12.9. The molecular formula is C16H11N3O2. The average molecular weight is 277 g/mol. The highest BCUT2D eigenvalue weighted by molar-refractivity contribution is 5.87. The number of fused-ring (bicyclic) bond motifs is 1. The summed E-state index contributed by atoms with van der Waals surface area (Å²) in [6, 6.07) is 16.3. The predicted octanol–water partition coefficient (Wildman–Crippen LogP) is 2.65. The van der Waals surface area contributed by atoms with Crippen molar-refractivity contribution in [3.63, 3.8) is 0 Å². The lowest BCUT2D eigenvalue weighted by Gasteiger charge is -2.04. The highest BCUT2D eigenvalue weighted by Crippen LogP contribution is 2.19. The summed E-state index contributed by atoms with van der Waals surface area (Å²) in [6.07, 6.45) is 0. The van der Waals surface area contributed by atoms with E-state index in [2.05, 4.69) is 11.2 Å². The minimum Gasteiger partial charge on any atom is -0.478 e. The molecule has 0 saturated carbocycles. The third-order valence-electron chi connectivity index (χ3n) is 3.30. The molecule has 0 unspecified atom stereocenters. The number of para-hydroxylation sites is 1. The molecule has 0 aliphatic rings. The summed E-state index contributed by atoms with van der Waals surface area (Å²) in [7, 11) is 0. The van der Waals surface area contributed by atoms with E-state index in [1.807, 2.05) is 24.3 Å². The molecule has 21 heavy (non-hydrogen) atoms. The van der Waals surface area contributed by atoms with Gasteiger partial charge in [0.2, 0.25) is 0 Å². The minimum atomic E-state index is -0.946. The van der Waals surface area contributed by atoms with E-state index in [0.717, 1.165) is 16.5 Å². The van der Waals surface area contributed by atoms with Crippen molar-refractivity contribution in [2.45, 2.75) is 6.54 Å². The Morgan fingerprint density at radius 2 is 1.90 bits per heavy atom. The number of aromatic carboxylic acids is 1. The van der Waals surface area contributed by atoms with Crippen LogP contribution in [0.3, 0.4) is 0 Å². The topological polar surface area (TPSA) is 78.9 Å². The van der Waals surface area contributed by atoms with Gasteiger partial charge in [0.1, 0.15) is 6.07 Å². The van der Waals surface area contributed by atoms with Crippen LogP contribution >= 0.6 is 0 Å². The molecule has 0 bridgehead atoms. The van der Waals surface area contributed by atoms with Crippen LogP contribution in [-0.2, 0) is 6.54 Å². The molecule has 0 aliphatic heterocycles. The first-order valence-electron chi connectivity index (χ1n) is 6.37. The molecule has 0 aliphatic carbocycles. The van der Waals surface area contributed by atoms with Crippen molar-refractivity contribution in [2.75, 3.05) is 0 Å². The van der Waals surface area contributed by atoms with Crippen LogP contribution < -0.4 is 0 Å². The van der Waals surface area contributed by atoms with Gasteiger partial charge in [0.15, 0.2) is 5.69 Å². The van der Waals surface area contributed by atoms with Crippen LogP contribution in [0.15, 0.2) is 48.5 Å². The number of carboxylic acids is 1. The van der Waals surface area contributed by atoms with Crippen LogP contribution in [-0.4, -0.2) is 20.9 Å². The largest absolute Gasteiger partial charge is 0.478 e. The smallest absolute Gasteiger partial charge is 0.335 e. The van der Waals surface area contributed by atoms with Crippen molar-refractivity contribution in [1.82, 2.24) is 9.78 Å². The Labute approximate surface area is 120 Å². The lowest BCUT2D eigenvalue weighted by molar-refractivity contribution is 0.0697. The van der Waals surface area contributed by atoms with E-state index in [4.69, 9.17) is 10.4 Å². The van der Waals surface area contributed by atoms with E-state index in [1.54, 1.807) is 28.9 Å². The molecule has 2 aromatic carbocycles. The molecule has 5 heteroatoms. The van der Waals surface area contributed by atoms with Gasteiger partial charge in [0.05, 0.1) is 17.6 Å². The van der Waals surface area contributed by atoms with Gasteiger partial charge in [-0.05, 0) is 29.8 Å². The van der Waals surface area contributed by atoms with Gasteiger partial charge < -0.3 is 5.11 Å². The molecule has 102 valence electrons. The number of rotatable bonds is 3. The Bertz CT molecular complexity index is 857. The summed E-state index contributed by atoms with van der Waals surface area (Å²) in [5.74, 6) is -0.946. The summed E-state index contributed by atoms with van der Waals surface area (Å²) in [5, 5.41) is 23.1. The molecule has 0 fully saturated rings. The Hall–Kier alpha value is -3.13. The first-order valence-corrected chi connectivity index (χ1v) is 6.37. The number of hydrogen-bond donors (Lipinski definition) is 1. The SMILES string of the molecule is N#Cc1nn(Cc2ccc(C(=O)O)cc2)c2ccccc12. The molecule has 5 nitrogen and oxygen atoms in total. The van der Waals surface area contributed by atoms with Gasteiger partial charge >= 0.3 is 5.97 Å². The maximum Gasteiger partial charge on any atom is 0.335 e. The van der Waals surface area contributed by atoms with Crippen LogP contribution in [0.5, 0.6) is 0 Å². The van der Waals surface area contributed by atoms with Crippen molar-refractivity contribution in [2.24, 2.45) is 0 Å². The normalized spacial score (nSPS) is 10.4. The van der Waals surface area contributed by atoms with Crippen molar-refractivity contribution in [1.29, 1.82) is 5.26 Å². The second-order valence-electron chi connectivity index (χ2n) is 4.64. The number of benzene rings is 2. The number of nitrogens with zero attached hydrogens (tertiary/aromatic N) is 3. The van der Waals surface area contributed by atoms with Gasteiger partial charge in [-0.2, -0.15) is 10.4 Å². The highest BCUT2D eigenvalue weighted by atomic mass is 16.4. The van der Waals surface area contributed by atoms with E-state index >= 15 is 0 Å². The number of carboxylic acid groups (broad SMARTS) is 1. The van der Waals surface area contributed by atoms with E-state index in [1.165, 1.54) is 0 Å². The van der Waals surface area contributed by atoms with Crippen LogP contribution in [0, 0.1) is 11.3 Å². The molecule has 1 heterocycles. The Morgan fingerprint density at radius 3 is 2.57 bits per heavy atom. The molecule has 0 amide bonds. The zero-order chi connectivity index (χ0) is 14.8. The quantitative estimate of drug-likeness (QED) is 0.798. The zero-order valence-corrected chi connectivity index (χ0v) is 11.0. The van der Waals surface area contributed by atoms with Crippen molar-refractivity contribution < 1.29 is 9.90 Å². The summed E-state index contributed by atoms with van der Waals surface area (Å²) < 4.78 is 1.75. The first-order chi connectivity index (χ1) is 10.2. The van der Waals surface area contributed by atoms with Crippen LogP contribution in [0.1, 0.15) is 21.6 Å². The summed E-state index contributed by atoms with van der Waals surface area (Å²) >= 11 is 0. The standard InChI is InChI=1S/C16H11N3O2/c17-9-14-13-3-1-2-4-15(13)19(18-14)10-11-5-7-12(8-6-11)16(20)21/h1-8H,10H2,(H,20,21). The summed E-state index contributed by atoms with van der Waals surface area (Å²) in [5.41, 5.74) is 2.46. The number of hydrogen-bond acceptors (Lipinski definition) is 3. The summed E-state index contributed by atoms with van der Waals surface area (Å²) in [4.78, 5) is 10.8. The predicted molar refractivity (Wildman–Crippen MR) is 77.0 cm³/mol. The van der Waals surface area contributed by atoms with Gasteiger partial charge in [0, 0.05) is 5.39 Å². The molecule has 1 N–H and O–H groups in total. The minimum absolute atomic E-state index is 0.252. The summed E-state index contributed by atoms with van der Waals surface area (Å²) in [6.45, 7) is 0.488. The van der Waals surface area contributed by atoms with Gasteiger partial charge in [0.25, 0.3) is 0 Å². The molecule has 0 atom stereocenters. The Morgan fingerprint density at radius 1 is 1.19 bits per heavy atom. The van der Waals surface area contributed by atoms with Crippen molar-refractivity contribution in [3.8, 4) is 6.07 Å². The molecule has 3 rings (SSSR count). The molecule has 3 aromatic rings. The fraction of sp³-hybridized carbons (Fsp3) is 0.0625. The zero-order valence-electron chi connectivity index (χ0n) is 11.0. The molecule has 1 aromatic heterocycles. The third-order valence-corrected chi connectivity index (χ3v) is 3.30. The van der Waals surface area contributed by atoms with E-state index in [0.29, 0.717) is 12.2 Å². The lowest BCUT2D eigenvalue weighted by Crippen LogP contribution is -2.03. The van der Waals surface area contributed by atoms with Crippen LogP contribution in [0.2, 0.25) is 0 Å². The fourth-order valence-corrected chi connectivity index (χ4v) is 2.26. The second kappa shape index (κ2) is 5.10. The molecule has 0 radical (unpaired) electrons. The van der Waals surface area contributed by atoms with Crippen LogP contribution in [0.4, 0.5) is 0 Å². The number of carbonyl (C=O) groups is 1. The Balaban J connectivity index is 1.98. The average Bonchev–Trinajstić information content (AvgIpc) is 2.86. The monoisotopic (exact) mass is 277 g/mol. The Kier molecular flexibility index (Phi) is 3.13. The lowest BCUT2D eigenvalue weighted by atomic mass is 10.1. The van der Waals surface area contributed by atoms with Gasteiger partial charge in [-0.3, -0.25) is 4.68 Å². The fourth-order valence-electron chi connectivity index (χ4n) is 2.26. The maximum atomic E-state index is 10.8. The highest BCUT2D eigenvalue weighted by Gasteiger charge is 2.10. The van der Waals surface area contributed by atoms with Crippen molar-refractivity contribution in [3.05, 3.63) is 65.4 Å². The molecule has 0 spiro atoms. The van der Waals surface area contributed by atoms with E-state index in [9.17, 15) is 4.79 Å². The van der Waals surface area contributed by atoms with Crippen LogP contribution in [0.25, 0.3) is 10.9 Å². The molecule has 0 saturated heterocycles.